The molecule has 17 heavy (non-hydrogen) atoms. The molecule has 0 saturated carbocycles. The van der Waals surface area contributed by atoms with E-state index in [0.29, 0.717) is 12.3 Å². The van der Waals surface area contributed by atoms with Gasteiger partial charge in [-0.1, -0.05) is 0 Å². The van der Waals surface area contributed by atoms with Crippen molar-refractivity contribution in [3.8, 4) is 5.75 Å². The Labute approximate surface area is 118 Å². The Balaban J connectivity index is 2.78. The maximum atomic E-state index is 11.0. The zero-order chi connectivity index (χ0) is 13.1. The summed E-state index contributed by atoms with van der Waals surface area (Å²) in [5, 5.41) is 0. The molecule has 96 valence electrons. The van der Waals surface area contributed by atoms with Gasteiger partial charge in [0.25, 0.3) is 0 Å². The SMILES string of the molecule is CS(=O)(=O)CCOc1c(Br)cc(CN)cc1Br. The van der Waals surface area contributed by atoms with Crippen molar-refractivity contribution in [2.45, 2.75) is 6.54 Å². The highest BCUT2D eigenvalue weighted by molar-refractivity contribution is 9.11. The minimum Gasteiger partial charge on any atom is -0.490 e. The maximum Gasteiger partial charge on any atom is 0.150 e. The minimum absolute atomic E-state index is 0.00940. The summed E-state index contributed by atoms with van der Waals surface area (Å²) in [5.74, 6) is 0.579. The molecular weight excluding hydrogens is 374 g/mol. The molecule has 1 aromatic rings. The van der Waals surface area contributed by atoms with Crippen LogP contribution in [0.3, 0.4) is 0 Å². The number of hydrogen-bond acceptors (Lipinski definition) is 4. The molecule has 0 fully saturated rings. The molecule has 1 aromatic carbocycles. The van der Waals surface area contributed by atoms with Crippen LogP contribution in [0.25, 0.3) is 0 Å². The lowest BCUT2D eigenvalue weighted by Crippen LogP contribution is -2.12. The standard InChI is InChI=1S/C10H13Br2NO3S/c1-17(14,15)3-2-16-10-8(11)4-7(6-13)5-9(10)12/h4-5H,2-3,6,13H2,1H3. The average Bonchev–Trinajstić information content (AvgIpc) is 2.20. The molecule has 2 N–H and O–H groups in total. The first-order chi connectivity index (χ1) is 7.83. The molecule has 0 heterocycles. The molecule has 1 rings (SSSR count). The van der Waals surface area contributed by atoms with Crippen molar-refractivity contribution in [1.29, 1.82) is 0 Å². The summed E-state index contributed by atoms with van der Waals surface area (Å²) in [4.78, 5) is 0. The molecule has 0 saturated heterocycles. The van der Waals surface area contributed by atoms with Gasteiger partial charge in [-0.2, -0.15) is 0 Å². The highest BCUT2D eigenvalue weighted by atomic mass is 79.9. The van der Waals surface area contributed by atoms with Gasteiger partial charge in [0.15, 0.2) is 9.84 Å². The quantitative estimate of drug-likeness (QED) is 0.841. The lowest BCUT2D eigenvalue weighted by atomic mass is 10.2. The van der Waals surface area contributed by atoms with Gasteiger partial charge in [-0.3, -0.25) is 0 Å². The zero-order valence-corrected chi connectivity index (χ0v) is 13.2. The highest BCUT2D eigenvalue weighted by Crippen LogP contribution is 2.34. The number of ether oxygens (including phenoxy) is 1. The van der Waals surface area contributed by atoms with Gasteiger partial charge >= 0.3 is 0 Å². The van der Waals surface area contributed by atoms with Crippen LogP contribution in [0.1, 0.15) is 5.56 Å². The lowest BCUT2D eigenvalue weighted by Gasteiger charge is -2.11. The van der Waals surface area contributed by atoms with Gasteiger partial charge in [0.2, 0.25) is 0 Å². The van der Waals surface area contributed by atoms with Crippen LogP contribution in [-0.2, 0) is 16.4 Å². The number of nitrogens with two attached hydrogens (primary N) is 1. The van der Waals surface area contributed by atoms with Gasteiger partial charge in [-0.05, 0) is 49.6 Å². The van der Waals surface area contributed by atoms with Gasteiger partial charge in [-0.15, -0.1) is 0 Å². The van der Waals surface area contributed by atoms with Crippen molar-refractivity contribution in [3.05, 3.63) is 26.6 Å². The largest absolute Gasteiger partial charge is 0.490 e. The number of rotatable bonds is 5. The Bertz CT molecular complexity index is 479. The molecule has 7 heteroatoms. The molecule has 4 nitrogen and oxygen atoms in total. The first-order valence-electron chi connectivity index (χ1n) is 4.82. The first kappa shape index (κ1) is 14.9. The van der Waals surface area contributed by atoms with E-state index in [-0.39, 0.29) is 12.4 Å². The van der Waals surface area contributed by atoms with Gasteiger partial charge < -0.3 is 10.5 Å². The second-order valence-corrected chi connectivity index (χ2v) is 7.54. The monoisotopic (exact) mass is 385 g/mol. The van der Waals surface area contributed by atoms with Crippen molar-refractivity contribution >= 4 is 41.7 Å². The number of hydrogen-bond donors (Lipinski definition) is 1. The summed E-state index contributed by atoms with van der Waals surface area (Å²) >= 11 is 6.72. The molecule has 0 aliphatic rings. The third-order valence-corrected chi connectivity index (χ3v) is 4.08. The third kappa shape index (κ3) is 4.95. The van der Waals surface area contributed by atoms with E-state index in [9.17, 15) is 8.42 Å². The van der Waals surface area contributed by atoms with Crippen LogP contribution in [0.15, 0.2) is 21.1 Å². The smallest absolute Gasteiger partial charge is 0.150 e. The summed E-state index contributed by atoms with van der Waals surface area (Å²) in [6.07, 6.45) is 1.18. The summed E-state index contributed by atoms with van der Waals surface area (Å²) in [5.41, 5.74) is 6.49. The van der Waals surface area contributed by atoms with E-state index in [2.05, 4.69) is 31.9 Å². The van der Waals surface area contributed by atoms with Crippen molar-refractivity contribution in [2.24, 2.45) is 5.73 Å². The molecule has 0 aromatic heterocycles. The molecule has 0 bridgehead atoms. The Kier molecular flexibility index (Phi) is 5.43. The van der Waals surface area contributed by atoms with Crippen LogP contribution >= 0.6 is 31.9 Å². The number of benzene rings is 1. The fourth-order valence-electron chi connectivity index (χ4n) is 1.16. The van der Waals surface area contributed by atoms with Crippen LogP contribution < -0.4 is 10.5 Å². The van der Waals surface area contributed by atoms with Gasteiger partial charge in [-0.25, -0.2) is 8.42 Å². The van der Waals surface area contributed by atoms with Crippen LogP contribution in [0.2, 0.25) is 0 Å². The summed E-state index contributed by atoms with van der Waals surface area (Å²) in [6.45, 7) is 0.554. The van der Waals surface area contributed by atoms with Crippen molar-refractivity contribution in [3.63, 3.8) is 0 Å². The molecule has 0 aliphatic carbocycles. The minimum atomic E-state index is -3.01. The predicted octanol–water partition coefficient (Wildman–Crippen LogP) is 2.09. The summed E-state index contributed by atoms with van der Waals surface area (Å²) in [7, 11) is -3.01. The Morgan fingerprint density at radius 2 is 1.82 bits per heavy atom. The predicted molar refractivity (Wildman–Crippen MR) is 74.9 cm³/mol. The van der Waals surface area contributed by atoms with Gasteiger partial charge in [0, 0.05) is 12.8 Å². The van der Waals surface area contributed by atoms with Crippen LogP contribution in [0, 0.1) is 0 Å². The van der Waals surface area contributed by atoms with E-state index in [4.69, 9.17) is 10.5 Å². The fourth-order valence-corrected chi connectivity index (χ4v) is 3.06. The molecule has 0 radical (unpaired) electrons. The Hall–Kier alpha value is -0.110. The van der Waals surface area contributed by atoms with Crippen LogP contribution in [-0.4, -0.2) is 27.0 Å². The molecule has 0 atom stereocenters. The van der Waals surface area contributed by atoms with E-state index in [1.165, 1.54) is 6.26 Å². The van der Waals surface area contributed by atoms with Crippen LogP contribution in [0.5, 0.6) is 5.75 Å². The number of halogens is 2. The lowest BCUT2D eigenvalue weighted by molar-refractivity contribution is 0.336. The maximum absolute atomic E-state index is 11.0. The Morgan fingerprint density at radius 3 is 2.24 bits per heavy atom. The van der Waals surface area contributed by atoms with Gasteiger partial charge in [0.05, 0.1) is 14.7 Å². The summed E-state index contributed by atoms with van der Waals surface area (Å²) < 4.78 is 28.9. The zero-order valence-electron chi connectivity index (χ0n) is 9.24. The van der Waals surface area contributed by atoms with Crippen LogP contribution in [0.4, 0.5) is 0 Å². The normalized spacial score (nSPS) is 11.5. The van der Waals surface area contributed by atoms with E-state index in [1.807, 2.05) is 12.1 Å². The second kappa shape index (κ2) is 6.17. The van der Waals surface area contributed by atoms with Crippen molar-refractivity contribution in [2.75, 3.05) is 18.6 Å². The molecular formula is C10H13Br2NO3S. The molecule has 0 amide bonds. The summed E-state index contributed by atoms with van der Waals surface area (Å²) in [6, 6.07) is 3.70. The van der Waals surface area contributed by atoms with E-state index in [1.54, 1.807) is 0 Å². The fraction of sp³-hybridized carbons (Fsp3) is 0.400. The van der Waals surface area contributed by atoms with E-state index in [0.717, 1.165) is 14.5 Å². The molecule has 0 unspecified atom stereocenters. The van der Waals surface area contributed by atoms with Crippen molar-refractivity contribution < 1.29 is 13.2 Å². The topological polar surface area (TPSA) is 69.4 Å². The molecule has 0 aliphatic heterocycles. The van der Waals surface area contributed by atoms with E-state index >= 15 is 0 Å². The Morgan fingerprint density at radius 1 is 1.29 bits per heavy atom. The number of sulfone groups is 1. The first-order valence-corrected chi connectivity index (χ1v) is 8.46. The van der Waals surface area contributed by atoms with E-state index < -0.39 is 9.84 Å². The molecule has 0 spiro atoms. The average molecular weight is 387 g/mol. The second-order valence-electron chi connectivity index (χ2n) is 3.57. The van der Waals surface area contributed by atoms with Crippen molar-refractivity contribution in [1.82, 2.24) is 0 Å². The third-order valence-electron chi connectivity index (χ3n) is 1.99. The van der Waals surface area contributed by atoms with Gasteiger partial charge in [0.1, 0.15) is 12.4 Å². The highest BCUT2D eigenvalue weighted by Gasteiger charge is 2.10.